The minimum Gasteiger partial charge on any atom is -0.394 e. The molecule has 2 rings (SSSR count). The van der Waals surface area contributed by atoms with Crippen molar-refractivity contribution in [1.82, 2.24) is 0 Å². The van der Waals surface area contributed by atoms with E-state index in [0.29, 0.717) is 12.5 Å². The zero-order valence-electron chi connectivity index (χ0n) is 12.1. The van der Waals surface area contributed by atoms with Crippen molar-refractivity contribution in [2.45, 2.75) is 45.3 Å². The lowest BCUT2D eigenvalue weighted by Gasteiger charge is -2.42. The van der Waals surface area contributed by atoms with Gasteiger partial charge in [0.1, 0.15) is 0 Å². The monoisotopic (exact) mass is 263 g/mol. The zero-order valence-corrected chi connectivity index (χ0v) is 12.1. The van der Waals surface area contributed by atoms with Crippen LogP contribution >= 0.6 is 0 Å². The summed E-state index contributed by atoms with van der Waals surface area (Å²) >= 11 is 0. The van der Waals surface area contributed by atoms with E-state index in [9.17, 15) is 5.11 Å². The second-order valence-electron chi connectivity index (χ2n) is 6.04. The Kier molecular flexibility index (Phi) is 4.48. The molecule has 3 nitrogen and oxygen atoms in total. The molecular weight excluding hydrogens is 238 g/mol. The summed E-state index contributed by atoms with van der Waals surface area (Å²) in [5.41, 5.74) is 2.06. The molecule has 1 aromatic rings. The van der Waals surface area contributed by atoms with Crippen molar-refractivity contribution in [3.63, 3.8) is 0 Å². The van der Waals surface area contributed by atoms with Crippen LogP contribution in [0, 0.1) is 12.8 Å². The Morgan fingerprint density at radius 1 is 1.47 bits per heavy atom. The largest absolute Gasteiger partial charge is 0.394 e. The number of anilines is 1. The summed E-state index contributed by atoms with van der Waals surface area (Å²) in [7, 11) is 0. The van der Waals surface area contributed by atoms with Gasteiger partial charge in [-0.3, -0.25) is 0 Å². The Bertz CT molecular complexity index is 419. The second-order valence-corrected chi connectivity index (χ2v) is 6.04. The first-order valence-electron chi connectivity index (χ1n) is 7.12. The Hall–Kier alpha value is -1.06. The average Bonchev–Trinajstić information content (AvgIpc) is 2.39. The highest BCUT2D eigenvalue weighted by Crippen LogP contribution is 2.31. The van der Waals surface area contributed by atoms with E-state index in [-0.39, 0.29) is 18.2 Å². The number of aryl methyl sites for hydroxylation is 1. The van der Waals surface area contributed by atoms with Crippen LogP contribution in [0.25, 0.3) is 0 Å². The zero-order chi connectivity index (χ0) is 13.9. The number of rotatable bonds is 4. The molecule has 1 aromatic carbocycles. The highest BCUT2D eigenvalue weighted by atomic mass is 16.5. The van der Waals surface area contributed by atoms with Gasteiger partial charge in [0.25, 0.3) is 0 Å². The predicted octanol–water partition coefficient (Wildman–Crippen LogP) is 2.97. The first kappa shape index (κ1) is 14.4. The number of nitrogens with one attached hydrogen (secondary N) is 1. The number of hydrogen-bond donors (Lipinski definition) is 2. The van der Waals surface area contributed by atoms with E-state index < -0.39 is 0 Å². The number of aliphatic hydroxyl groups excluding tert-OH is 1. The number of benzene rings is 1. The molecule has 1 saturated heterocycles. The number of aliphatic hydroxyl groups is 1. The van der Waals surface area contributed by atoms with E-state index in [1.54, 1.807) is 0 Å². The van der Waals surface area contributed by atoms with Crippen LogP contribution in [0.15, 0.2) is 24.3 Å². The molecule has 1 heterocycles. The lowest BCUT2D eigenvalue weighted by molar-refractivity contribution is -0.0481. The highest BCUT2D eigenvalue weighted by molar-refractivity contribution is 5.48. The van der Waals surface area contributed by atoms with E-state index in [0.717, 1.165) is 18.5 Å². The van der Waals surface area contributed by atoms with Gasteiger partial charge in [-0.2, -0.15) is 0 Å². The third-order valence-corrected chi connectivity index (χ3v) is 3.98. The molecule has 0 saturated carbocycles. The molecule has 1 aliphatic rings. The van der Waals surface area contributed by atoms with Gasteiger partial charge < -0.3 is 15.2 Å². The molecule has 2 unspecified atom stereocenters. The van der Waals surface area contributed by atoms with E-state index in [4.69, 9.17) is 4.74 Å². The molecule has 1 fully saturated rings. The summed E-state index contributed by atoms with van der Waals surface area (Å²) in [6.45, 7) is 7.28. The van der Waals surface area contributed by atoms with Gasteiger partial charge in [-0.15, -0.1) is 0 Å². The molecule has 0 aliphatic carbocycles. The molecule has 1 aliphatic heterocycles. The molecule has 106 valence electrons. The van der Waals surface area contributed by atoms with Crippen molar-refractivity contribution >= 4 is 5.69 Å². The molecule has 0 bridgehead atoms. The van der Waals surface area contributed by atoms with Gasteiger partial charge in [-0.1, -0.05) is 26.0 Å². The lowest BCUT2D eigenvalue weighted by Crippen LogP contribution is -2.51. The summed E-state index contributed by atoms with van der Waals surface area (Å²) in [6, 6.07) is 8.31. The quantitative estimate of drug-likeness (QED) is 0.877. The predicted molar refractivity (Wildman–Crippen MR) is 78.4 cm³/mol. The minimum absolute atomic E-state index is 0.146. The highest BCUT2D eigenvalue weighted by Gasteiger charge is 2.37. The fraction of sp³-hybridized carbons (Fsp3) is 0.625. The fourth-order valence-corrected chi connectivity index (χ4v) is 2.71. The van der Waals surface area contributed by atoms with Crippen LogP contribution in [-0.4, -0.2) is 30.0 Å². The van der Waals surface area contributed by atoms with Crippen molar-refractivity contribution in [3.05, 3.63) is 29.8 Å². The van der Waals surface area contributed by atoms with Crippen LogP contribution in [0.5, 0.6) is 0 Å². The van der Waals surface area contributed by atoms with Gasteiger partial charge in [-0.25, -0.2) is 0 Å². The normalized spacial score (nSPS) is 27.5. The van der Waals surface area contributed by atoms with Gasteiger partial charge in [0, 0.05) is 12.3 Å². The van der Waals surface area contributed by atoms with Crippen LogP contribution in [0.3, 0.4) is 0 Å². The van der Waals surface area contributed by atoms with E-state index >= 15 is 0 Å². The Morgan fingerprint density at radius 3 is 2.89 bits per heavy atom. The van der Waals surface area contributed by atoms with Gasteiger partial charge in [0.05, 0.1) is 18.2 Å². The first-order chi connectivity index (χ1) is 9.04. The van der Waals surface area contributed by atoms with Gasteiger partial charge in [0.15, 0.2) is 0 Å². The standard InChI is InChI=1S/C16H25NO2/c1-12(2)15-10-16(11-18,7-8-19-15)17-14-6-4-5-13(3)9-14/h4-6,9,12,15,17-18H,7-8,10-11H2,1-3H3. The van der Waals surface area contributed by atoms with Gasteiger partial charge in [0.2, 0.25) is 0 Å². The van der Waals surface area contributed by atoms with E-state index in [2.05, 4.69) is 44.3 Å². The summed E-state index contributed by atoms with van der Waals surface area (Å²) in [5, 5.41) is 13.4. The molecule has 2 atom stereocenters. The SMILES string of the molecule is Cc1cccc(NC2(CO)CCOC(C(C)C)C2)c1. The maximum atomic E-state index is 9.85. The van der Waals surface area contributed by atoms with Gasteiger partial charge in [-0.05, 0) is 43.4 Å². The molecule has 2 N–H and O–H groups in total. The van der Waals surface area contributed by atoms with E-state index in [1.807, 2.05) is 6.07 Å². The third-order valence-electron chi connectivity index (χ3n) is 3.98. The van der Waals surface area contributed by atoms with Gasteiger partial charge >= 0.3 is 0 Å². The number of ether oxygens (including phenoxy) is 1. The number of hydrogen-bond acceptors (Lipinski definition) is 3. The molecular formula is C16H25NO2. The van der Waals surface area contributed by atoms with Crippen LogP contribution in [0.2, 0.25) is 0 Å². The lowest BCUT2D eigenvalue weighted by atomic mass is 9.83. The Labute approximate surface area is 116 Å². The molecule has 19 heavy (non-hydrogen) atoms. The Balaban J connectivity index is 2.13. The maximum Gasteiger partial charge on any atom is 0.0663 e. The van der Waals surface area contributed by atoms with Crippen LogP contribution in [0.4, 0.5) is 5.69 Å². The topological polar surface area (TPSA) is 41.5 Å². The molecule has 0 radical (unpaired) electrons. The second kappa shape index (κ2) is 5.93. The van der Waals surface area contributed by atoms with Crippen LogP contribution < -0.4 is 5.32 Å². The summed E-state index contributed by atoms with van der Waals surface area (Å²) in [6.07, 6.45) is 1.92. The smallest absolute Gasteiger partial charge is 0.0663 e. The molecule has 0 spiro atoms. The van der Waals surface area contributed by atoms with Crippen molar-refractivity contribution < 1.29 is 9.84 Å². The first-order valence-corrected chi connectivity index (χ1v) is 7.12. The van der Waals surface area contributed by atoms with Crippen molar-refractivity contribution in [2.24, 2.45) is 5.92 Å². The maximum absolute atomic E-state index is 9.85. The summed E-state index contributed by atoms with van der Waals surface area (Å²) in [4.78, 5) is 0. The van der Waals surface area contributed by atoms with Crippen LogP contribution in [-0.2, 0) is 4.74 Å². The summed E-state index contributed by atoms with van der Waals surface area (Å²) in [5.74, 6) is 0.477. The van der Waals surface area contributed by atoms with E-state index in [1.165, 1.54) is 5.56 Å². The van der Waals surface area contributed by atoms with Crippen LogP contribution in [0.1, 0.15) is 32.3 Å². The van der Waals surface area contributed by atoms with Crippen molar-refractivity contribution in [2.75, 3.05) is 18.5 Å². The molecule has 0 amide bonds. The average molecular weight is 263 g/mol. The molecule has 0 aromatic heterocycles. The third kappa shape index (κ3) is 3.48. The van der Waals surface area contributed by atoms with Crippen molar-refractivity contribution in [3.8, 4) is 0 Å². The van der Waals surface area contributed by atoms with Crippen molar-refractivity contribution in [1.29, 1.82) is 0 Å². The fourth-order valence-electron chi connectivity index (χ4n) is 2.71. The minimum atomic E-state index is -0.249. The summed E-state index contributed by atoms with van der Waals surface area (Å²) < 4.78 is 5.81. The molecule has 3 heteroatoms. The Morgan fingerprint density at radius 2 is 2.26 bits per heavy atom.